The minimum Gasteiger partial charge on any atom is -0.381 e. The zero-order chi connectivity index (χ0) is 17.8. The molecule has 1 fully saturated rings. The van der Waals surface area contributed by atoms with Crippen LogP contribution in [0.3, 0.4) is 0 Å². The topological polar surface area (TPSA) is 55.4 Å². The maximum atomic E-state index is 12.7. The highest BCUT2D eigenvalue weighted by molar-refractivity contribution is 8.00. The fourth-order valence-corrected chi connectivity index (χ4v) is 5.81. The van der Waals surface area contributed by atoms with Gasteiger partial charge in [-0.15, -0.1) is 11.8 Å². The van der Waals surface area contributed by atoms with Crippen molar-refractivity contribution < 1.29 is 13.2 Å². The molecule has 0 amide bonds. The lowest BCUT2D eigenvalue weighted by Crippen LogP contribution is -2.44. The van der Waals surface area contributed by atoms with Crippen molar-refractivity contribution in [3.8, 4) is 0 Å². The lowest BCUT2D eigenvalue weighted by atomic mass is 9.99. The highest BCUT2D eigenvalue weighted by Crippen LogP contribution is 2.40. The van der Waals surface area contributed by atoms with E-state index in [2.05, 4.69) is 4.72 Å². The van der Waals surface area contributed by atoms with Crippen molar-refractivity contribution in [1.29, 1.82) is 0 Å². The van der Waals surface area contributed by atoms with Crippen LogP contribution in [0.1, 0.15) is 12.8 Å². The predicted octanol–water partition coefficient (Wildman–Crippen LogP) is 3.96. The molecule has 0 radical (unpaired) electrons. The Morgan fingerprint density at radius 2 is 1.68 bits per heavy atom. The second kappa shape index (κ2) is 8.10. The van der Waals surface area contributed by atoms with Crippen molar-refractivity contribution in [3.05, 3.63) is 59.6 Å². The van der Waals surface area contributed by atoms with Crippen molar-refractivity contribution in [3.63, 3.8) is 0 Å². The maximum absolute atomic E-state index is 12.7. The molecular formula is C18H20ClNO3S2. The third-order valence-electron chi connectivity index (χ3n) is 4.19. The van der Waals surface area contributed by atoms with Crippen LogP contribution in [0.15, 0.2) is 64.4 Å². The normalized spacial score (nSPS) is 17.3. The highest BCUT2D eigenvalue weighted by atomic mass is 35.5. The molecule has 0 atom stereocenters. The van der Waals surface area contributed by atoms with Crippen LogP contribution < -0.4 is 4.72 Å². The summed E-state index contributed by atoms with van der Waals surface area (Å²) in [5, 5.41) is 0.228. The standard InChI is InChI=1S/C18H20ClNO3S2/c19-16-8-4-5-9-17(16)25(21,22)20-14-18(10-12-23-13-11-18)24-15-6-2-1-3-7-15/h1-9,20H,10-14H2. The molecule has 7 heteroatoms. The minimum atomic E-state index is -3.66. The molecule has 1 N–H and O–H groups in total. The summed E-state index contributed by atoms with van der Waals surface area (Å²) in [6.07, 6.45) is 1.58. The van der Waals surface area contributed by atoms with Crippen molar-refractivity contribution in [2.45, 2.75) is 27.4 Å². The van der Waals surface area contributed by atoms with Crippen LogP contribution in [-0.4, -0.2) is 32.9 Å². The summed E-state index contributed by atoms with van der Waals surface area (Å²) in [6, 6.07) is 16.5. The molecular weight excluding hydrogens is 378 g/mol. The molecule has 25 heavy (non-hydrogen) atoms. The first-order chi connectivity index (χ1) is 12.0. The van der Waals surface area contributed by atoms with E-state index >= 15 is 0 Å². The van der Waals surface area contributed by atoms with E-state index in [0.29, 0.717) is 19.8 Å². The van der Waals surface area contributed by atoms with E-state index in [1.54, 1.807) is 30.0 Å². The van der Waals surface area contributed by atoms with Gasteiger partial charge in [-0.3, -0.25) is 0 Å². The molecule has 3 rings (SSSR count). The number of hydrogen-bond donors (Lipinski definition) is 1. The van der Waals surface area contributed by atoms with Gasteiger partial charge in [0.2, 0.25) is 10.0 Å². The fraction of sp³-hybridized carbons (Fsp3) is 0.333. The van der Waals surface area contributed by atoms with Gasteiger partial charge >= 0.3 is 0 Å². The van der Waals surface area contributed by atoms with Crippen molar-refractivity contribution >= 4 is 33.4 Å². The van der Waals surface area contributed by atoms with Gasteiger partial charge in [-0.1, -0.05) is 41.9 Å². The third-order valence-corrected chi connectivity index (χ3v) is 7.59. The maximum Gasteiger partial charge on any atom is 0.242 e. The molecule has 134 valence electrons. The number of hydrogen-bond acceptors (Lipinski definition) is 4. The van der Waals surface area contributed by atoms with Crippen LogP contribution in [0, 0.1) is 0 Å². The SMILES string of the molecule is O=S(=O)(NCC1(Sc2ccccc2)CCOCC1)c1ccccc1Cl. The molecule has 1 heterocycles. The second-order valence-electron chi connectivity index (χ2n) is 5.97. The Morgan fingerprint density at radius 3 is 2.36 bits per heavy atom. The third kappa shape index (κ3) is 4.77. The lowest BCUT2D eigenvalue weighted by Gasteiger charge is -2.36. The number of rotatable bonds is 6. The average Bonchev–Trinajstić information content (AvgIpc) is 2.62. The minimum absolute atomic E-state index is 0.114. The number of halogens is 1. The summed E-state index contributed by atoms with van der Waals surface area (Å²) in [5.74, 6) is 0. The summed E-state index contributed by atoms with van der Waals surface area (Å²) in [5.41, 5.74) is 0. The molecule has 1 aliphatic heterocycles. The van der Waals surface area contributed by atoms with Crippen LogP contribution in [-0.2, 0) is 14.8 Å². The van der Waals surface area contributed by atoms with Gasteiger partial charge in [0.15, 0.2) is 0 Å². The molecule has 0 spiro atoms. The summed E-state index contributed by atoms with van der Waals surface area (Å²) in [6.45, 7) is 1.60. The predicted molar refractivity (Wildman–Crippen MR) is 102 cm³/mol. The van der Waals surface area contributed by atoms with Crippen molar-refractivity contribution in [1.82, 2.24) is 4.72 Å². The summed E-state index contributed by atoms with van der Waals surface area (Å²) in [4.78, 5) is 1.24. The van der Waals surface area contributed by atoms with E-state index in [1.165, 1.54) is 6.07 Å². The molecule has 0 bridgehead atoms. The average molecular weight is 398 g/mol. The van der Waals surface area contributed by atoms with E-state index < -0.39 is 10.0 Å². The van der Waals surface area contributed by atoms with Gasteiger partial charge < -0.3 is 4.74 Å². The number of nitrogens with one attached hydrogen (secondary N) is 1. The van der Waals surface area contributed by atoms with Gasteiger partial charge in [0, 0.05) is 29.4 Å². The van der Waals surface area contributed by atoms with E-state index in [9.17, 15) is 8.42 Å². The van der Waals surface area contributed by atoms with Crippen LogP contribution in [0.25, 0.3) is 0 Å². The molecule has 2 aromatic carbocycles. The Hall–Kier alpha value is -1.05. The first-order valence-electron chi connectivity index (χ1n) is 8.07. The largest absolute Gasteiger partial charge is 0.381 e. The van der Waals surface area contributed by atoms with Crippen molar-refractivity contribution in [2.24, 2.45) is 0 Å². The Bertz CT molecular complexity index is 806. The van der Waals surface area contributed by atoms with E-state index in [4.69, 9.17) is 16.3 Å². The molecule has 0 saturated carbocycles. The monoisotopic (exact) mass is 397 g/mol. The van der Waals surface area contributed by atoms with Gasteiger partial charge in [0.05, 0.1) is 5.02 Å². The zero-order valence-corrected chi connectivity index (χ0v) is 16.0. The van der Waals surface area contributed by atoms with Gasteiger partial charge in [-0.25, -0.2) is 13.1 Å². The first kappa shape index (κ1) is 18.7. The zero-order valence-electron chi connectivity index (χ0n) is 13.7. The quantitative estimate of drug-likeness (QED) is 0.801. The Labute approximate surface area is 158 Å². The van der Waals surface area contributed by atoms with Gasteiger partial charge in [-0.05, 0) is 37.1 Å². The molecule has 1 saturated heterocycles. The number of thioether (sulfide) groups is 1. The number of ether oxygens (including phenoxy) is 1. The molecule has 1 aliphatic rings. The van der Waals surface area contributed by atoms with Crippen LogP contribution >= 0.6 is 23.4 Å². The van der Waals surface area contributed by atoms with Crippen LogP contribution in [0.2, 0.25) is 5.02 Å². The molecule has 4 nitrogen and oxygen atoms in total. The summed E-state index contributed by atoms with van der Waals surface area (Å²) in [7, 11) is -3.66. The van der Waals surface area contributed by atoms with Crippen LogP contribution in [0.5, 0.6) is 0 Å². The van der Waals surface area contributed by atoms with E-state index in [0.717, 1.165) is 17.7 Å². The summed E-state index contributed by atoms with van der Waals surface area (Å²) < 4.78 is 33.3. The second-order valence-corrected chi connectivity index (χ2v) is 9.65. The Morgan fingerprint density at radius 1 is 1.04 bits per heavy atom. The highest BCUT2D eigenvalue weighted by Gasteiger charge is 2.35. The fourth-order valence-electron chi connectivity index (χ4n) is 2.76. The van der Waals surface area contributed by atoms with Gasteiger partial charge in [0.1, 0.15) is 4.90 Å². The molecule has 0 unspecified atom stereocenters. The van der Waals surface area contributed by atoms with Crippen molar-refractivity contribution in [2.75, 3.05) is 19.8 Å². The number of benzene rings is 2. The summed E-state index contributed by atoms with van der Waals surface area (Å²) >= 11 is 7.76. The van der Waals surface area contributed by atoms with E-state index in [1.807, 2.05) is 30.3 Å². The van der Waals surface area contributed by atoms with E-state index in [-0.39, 0.29) is 14.7 Å². The molecule has 2 aromatic rings. The molecule has 0 aromatic heterocycles. The Balaban J connectivity index is 1.78. The Kier molecular flexibility index (Phi) is 6.07. The number of sulfonamides is 1. The smallest absolute Gasteiger partial charge is 0.242 e. The first-order valence-corrected chi connectivity index (χ1v) is 10.7. The lowest BCUT2D eigenvalue weighted by molar-refractivity contribution is 0.0784. The van der Waals surface area contributed by atoms with Gasteiger partial charge in [-0.2, -0.15) is 0 Å². The van der Waals surface area contributed by atoms with Gasteiger partial charge in [0.25, 0.3) is 0 Å². The van der Waals surface area contributed by atoms with Crippen LogP contribution in [0.4, 0.5) is 0 Å². The molecule has 0 aliphatic carbocycles.